The van der Waals surface area contributed by atoms with Crippen LogP contribution in [0, 0.1) is 0 Å². The molecule has 0 heterocycles. The van der Waals surface area contributed by atoms with Crippen molar-refractivity contribution in [3.05, 3.63) is 29.8 Å². The maximum Gasteiger partial charge on any atom is 0.115 e. The smallest absolute Gasteiger partial charge is 0.115 e. The third kappa shape index (κ3) is 6.29. The predicted molar refractivity (Wildman–Crippen MR) is 70.2 cm³/mol. The molecule has 0 aromatic heterocycles. The predicted octanol–water partition coefficient (Wildman–Crippen LogP) is 2.08. The molecule has 0 amide bonds. The second-order valence-electron chi connectivity index (χ2n) is 4.49. The Kier molecular flexibility index (Phi) is 6.67. The number of unbranched alkanes of at least 4 members (excludes halogenated alkanes) is 1. The quantitative estimate of drug-likeness (QED) is 0.607. The van der Waals surface area contributed by atoms with Crippen LogP contribution in [-0.4, -0.2) is 29.4 Å². The zero-order valence-corrected chi connectivity index (χ0v) is 10.5. The lowest BCUT2D eigenvalue weighted by atomic mass is 10.1. The van der Waals surface area contributed by atoms with Crippen molar-refractivity contribution in [3.8, 4) is 5.75 Å². The van der Waals surface area contributed by atoms with E-state index < -0.39 is 0 Å². The van der Waals surface area contributed by atoms with Crippen molar-refractivity contribution in [1.29, 1.82) is 0 Å². The van der Waals surface area contributed by atoms with E-state index in [-0.39, 0.29) is 6.61 Å². The molecule has 0 aliphatic carbocycles. The Morgan fingerprint density at radius 2 is 1.88 bits per heavy atom. The molecule has 0 fully saturated rings. The standard InChI is InChI=1S/C14H23NO2/c1-12(15-10-2-3-11-16)4-5-13-6-8-14(17)9-7-13/h6-9,12,15-17H,2-5,10-11H2,1H3. The number of hydrogen-bond donors (Lipinski definition) is 3. The van der Waals surface area contributed by atoms with E-state index in [1.54, 1.807) is 12.1 Å². The maximum atomic E-state index is 9.17. The summed E-state index contributed by atoms with van der Waals surface area (Å²) in [4.78, 5) is 0. The number of aryl methyl sites for hydroxylation is 1. The average molecular weight is 237 g/mol. The van der Waals surface area contributed by atoms with E-state index in [1.807, 2.05) is 12.1 Å². The summed E-state index contributed by atoms with van der Waals surface area (Å²) in [5, 5.41) is 21.3. The summed E-state index contributed by atoms with van der Waals surface area (Å²) in [6.07, 6.45) is 4.01. The van der Waals surface area contributed by atoms with Crippen LogP contribution in [0.25, 0.3) is 0 Å². The number of aliphatic hydroxyl groups excluding tert-OH is 1. The first-order valence-electron chi connectivity index (χ1n) is 6.34. The normalized spacial score (nSPS) is 12.6. The molecular formula is C14H23NO2. The fraction of sp³-hybridized carbons (Fsp3) is 0.571. The molecule has 3 nitrogen and oxygen atoms in total. The lowest BCUT2D eigenvalue weighted by Crippen LogP contribution is -2.27. The van der Waals surface area contributed by atoms with Gasteiger partial charge in [0.15, 0.2) is 0 Å². The molecule has 1 rings (SSSR count). The van der Waals surface area contributed by atoms with Gasteiger partial charge in [-0.3, -0.25) is 0 Å². The molecule has 3 N–H and O–H groups in total. The molecule has 0 spiro atoms. The van der Waals surface area contributed by atoms with Crippen LogP contribution >= 0.6 is 0 Å². The first-order chi connectivity index (χ1) is 8.22. The van der Waals surface area contributed by atoms with Crippen molar-refractivity contribution in [1.82, 2.24) is 5.32 Å². The Labute approximate surface area is 103 Å². The van der Waals surface area contributed by atoms with Crippen molar-refractivity contribution in [2.45, 2.75) is 38.6 Å². The van der Waals surface area contributed by atoms with Gasteiger partial charge in [-0.2, -0.15) is 0 Å². The van der Waals surface area contributed by atoms with Gasteiger partial charge >= 0.3 is 0 Å². The number of nitrogens with one attached hydrogen (secondary N) is 1. The summed E-state index contributed by atoms with van der Waals surface area (Å²) in [6.45, 7) is 3.43. The lowest BCUT2D eigenvalue weighted by molar-refractivity contribution is 0.282. The summed E-state index contributed by atoms with van der Waals surface area (Å²) in [5.74, 6) is 0.323. The average Bonchev–Trinajstić information content (AvgIpc) is 2.34. The summed E-state index contributed by atoms with van der Waals surface area (Å²) in [6, 6.07) is 7.88. The minimum Gasteiger partial charge on any atom is -0.508 e. The Morgan fingerprint density at radius 3 is 2.53 bits per heavy atom. The molecule has 0 aliphatic heterocycles. The number of benzene rings is 1. The highest BCUT2D eigenvalue weighted by Crippen LogP contribution is 2.11. The fourth-order valence-corrected chi connectivity index (χ4v) is 1.73. The van der Waals surface area contributed by atoms with Gasteiger partial charge in [-0.15, -0.1) is 0 Å². The van der Waals surface area contributed by atoms with Crippen molar-refractivity contribution in [3.63, 3.8) is 0 Å². The van der Waals surface area contributed by atoms with E-state index in [2.05, 4.69) is 12.2 Å². The van der Waals surface area contributed by atoms with Crippen LogP contribution in [0.1, 0.15) is 31.7 Å². The summed E-state index contributed by atoms with van der Waals surface area (Å²) >= 11 is 0. The van der Waals surface area contributed by atoms with Gasteiger partial charge in [0.05, 0.1) is 0 Å². The third-order valence-corrected chi connectivity index (χ3v) is 2.88. The van der Waals surface area contributed by atoms with Crippen molar-refractivity contribution in [2.75, 3.05) is 13.2 Å². The van der Waals surface area contributed by atoms with Gasteiger partial charge in [-0.25, -0.2) is 0 Å². The van der Waals surface area contributed by atoms with Crippen molar-refractivity contribution in [2.24, 2.45) is 0 Å². The van der Waals surface area contributed by atoms with Crippen LogP contribution in [0.2, 0.25) is 0 Å². The molecule has 0 saturated heterocycles. The molecule has 0 radical (unpaired) electrons. The Morgan fingerprint density at radius 1 is 1.18 bits per heavy atom. The molecule has 0 aliphatic rings. The molecular weight excluding hydrogens is 214 g/mol. The van der Waals surface area contributed by atoms with Gasteiger partial charge in [0.2, 0.25) is 0 Å². The van der Waals surface area contributed by atoms with Gasteiger partial charge < -0.3 is 15.5 Å². The second-order valence-corrected chi connectivity index (χ2v) is 4.49. The molecule has 1 aromatic carbocycles. The second kappa shape index (κ2) is 8.09. The van der Waals surface area contributed by atoms with Gasteiger partial charge in [0.25, 0.3) is 0 Å². The lowest BCUT2D eigenvalue weighted by Gasteiger charge is -2.13. The van der Waals surface area contributed by atoms with Crippen LogP contribution in [0.15, 0.2) is 24.3 Å². The van der Waals surface area contributed by atoms with Gasteiger partial charge in [0, 0.05) is 12.6 Å². The highest BCUT2D eigenvalue weighted by atomic mass is 16.3. The minimum absolute atomic E-state index is 0.281. The maximum absolute atomic E-state index is 9.17. The van der Waals surface area contributed by atoms with E-state index >= 15 is 0 Å². The van der Waals surface area contributed by atoms with E-state index in [1.165, 1.54) is 5.56 Å². The number of hydrogen-bond acceptors (Lipinski definition) is 3. The molecule has 96 valence electrons. The van der Waals surface area contributed by atoms with Crippen LogP contribution in [0.3, 0.4) is 0 Å². The van der Waals surface area contributed by atoms with Gasteiger partial charge in [-0.05, 0) is 56.8 Å². The van der Waals surface area contributed by atoms with Crippen molar-refractivity contribution >= 4 is 0 Å². The number of aromatic hydroxyl groups is 1. The van der Waals surface area contributed by atoms with E-state index in [0.717, 1.165) is 32.2 Å². The van der Waals surface area contributed by atoms with E-state index in [4.69, 9.17) is 10.2 Å². The SMILES string of the molecule is CC(CCc1ccc(O)cc1)NCCCCO. The Bertz CT molecular complexity index is 298. The fourth-order valence-electron chi connectivity index (χ4n) is 1.73. The molecule has 1 unspecified atom stereocenters. The number of rotatable bonds is 8. The summed E-state index contributed by atoms with van der Waals surface area (Å²) in [7, 11) is 0. The number of aliphatic hydroxyl groups is 1. The molecule has 0 bridgehead atoms. The molecule has 3 heteroatoms. The number of phenols is 1. The largest absolute Gasteiger partial charge is 0.508 e. The van der Waals surface area contributed by atoms with Gasteiger partial charge in [0.1, 0.15) is 5.75 Å². The monoisotopic (exact) mass is 237 g/mol. The zero-order chi connectivity index (χ0) is 12.5. The van der Waals surface area contributed by atoms with Crippen LogP contribution in [-0.2, 0) is 6.42 Å². The first kappa shape index (κ1) is 14.0. The first-order valence-corrected chi connectivity index (χ1v) is 6.34. The third-order valence-electron chi connectivity index (χ3n) is 2.88. The molecule has 17 heavy (non-hydrogen) atoms. The topological polar surface area (TPSA) is 52.5 Å². The summed E-state index contributed by atoms with van der Waals surface area (Å²) in [5.41, 5.74) is 1.26. The highest BCUT2D eigenvalue weighted by Gasteiger charge is 2.01. The molecule has 1 aromatic rings. The Hall–Kier alpha value is -1.06. The van der Waals surface area contributed by atoms with E-state index in [0.29, 0.717) is 11.8 Å². The molecule has 0 saturated carbocycles. The number of phenolic OH excluding ortho intramolecular Hbond substituents is 1. The summed E-state index contributed by atoms with van der Waals surface area (Å²) < 4.78 is 0. The zero-order valence-electron chi connectivity index (χ0n) is 10.5. The molecule has 1 atom stereocenters. The minimum atomic E-state index is 0.281. The van der Waals surface area contributed by atoms with Crippen LogP contribution in [0.4, 0.5) is 0 Å². The van der Waals surface area contributed by atoms with Crippen LogP contribution < -0.4 is 5.32 Å². The van der Waals surface area contributed by atoms with Crippen LogP contribution in [0.5, 0.6) is 5.75 Å². The van der Waals surface area contributed by atoms with Gasteiger partial charge in [-0.1, -0.05) is 12.1 Å². The van der Waals surface area contributed by atoms with Crippen molar-refractivity contribution < 1.29 is 10.2 Å². The van der Waals surface area contributed by atoms with E-state index in [9.17, 15) is 0 Å². The Balaban J connectivity index is 2.14. The highest BCUT2D eigenvalue weighted by molar-refractivity contribution is 5.25.